The highest BCUT2D eigenvalue weighted by Gasteiger charge is 1.76. The van der Waals surface area contributed by atoms with Gasteiger partial charge in [-0.2, -0.15) is 0 Å². The number of hydrogen-bond acceptors (Lipinski definition) is 1. The zero-order valence-electron chi connectivity index (χ0n) is 4.53. The maximum absolute atomic E-state index is 5.06. The lowest BCUT2D eigenvalue weighted by molar-refractivity contribution is 0.657. The van der Waals surface area contributed by atoms with E-state index in [4.69, 9.17) is 4.12 Å². The van der Waals surface area contributed by atoms with E-state index in [0.29, 0.717) is 0 Å². The van der Waals surface area contributed by atoms with Gasteiger partial charge in [-0.1, -0.05) is 13.3 Å². The van der Waals surface area contributed by atoms with E-state index in [-0.39, 0.29) is 9.76 Å². The molecule has 0 aliphatic rings. The van der Waals surface area contributed by atoms with Gasteiger partial charge < -0.3 is 4.12 Å². The highest BCUT2D eigenvalue weighted by Crippen LogP contribution is 1.82. The fraction of sp³-hybridized carbons (Fsp3) is 1.00. The third kappa shape index (κ3) is 4.39. The van der Waals surface area contributed by atoms with Crippen LogP contribution >= 0.6 is 0 Å². The van der Waals surface area contributed by atoms with Crippen molar-refractivity contribution in [1.82, 2.24) is 0 Å². The fourth-order valence-corrected chi connectivity index (χ4v) is 1.73. The normalized spacial score (nSPS) is 11.5. The predicted molar refractivity (Wildman–Crippen MR) is 34.7 cm³/mol. The molecule has 0 aromatic heterocycles. The van der Waals surface area contributed by atoms with Gasteiger partial charge in [-0.15, -0.1) is 0 Å². The van der Waals surface area contributed by atoms with Crippen LogP contribution in [0.25, 0.3) is 0 Å². The molecule has 0 aromatic rings. The highest BCUT2D eigenvalue weighted by molar-refractivity contribution is 6.34. The van der Waals surface area contributed by atoms with E-state index >= 15 is 0 Å². The van der Waals surface area contributed by atoms with Gasteiger partial charge in [-0.25, -0.2) is 0 Å². The topological polar surface area (TPSA) is 9.23 Å². The maximum atomic E-state index is 5.06. The quantitative estimate of drug-likeness (QED) is 0.350. The van der Waals surface area contributed by atoms with Crippen LogP contribution in [0.5, 0.6) is 0 Å². The van der Waals surface area contributed by atoms with Crippen LogP contribution in [-0.4, -0.2) is 20.2 Å². The van der Waals surface area contributed by atoms with Gasteiger partial charge in [0.1, 0.15) is 20.2 Å². The lowest BCUT2D eigenvalue weighted by Gasteiger charge is -1.88. The second-order valence-corrected chi connectivity index (χ2v) is 4.77. The predicted octanol–water partition coefficient (Wildman–Crippen LogP) is -0.804. The summed E-state index contributed by atoms with van der Waals surface area (Å²) in [6.45, 7) is 2.20. The van der Waals surface area contributed by atoms with Gasteiger partial charge in [0.05, 0.1) is 0 Å². The summed E-state index contributed by atoms with van der Waals surface area (Å²) >= 11 is 0. The van der Waals surface area contributed by atoms with Crippen LogP contribution in [0.15, 0.2) is 0 Å². The molecule has 0 radical (unpaired) electrons. The van der Waals surface area contributed by atoms with Crippen molar-refractivity contribution in [1.29, 1.82) is 0 Å². The first kappa shape index (κ1) is 6.39. The molecule has 6 heavy (non-hydrogen) atoms. The van der Waals surface area contributed by atoms with Gasteiger partial charge in [0.2, 0.25) is 0 Å². The van der Waals surface area contributed by atoms with Crippen LogP contribution in [0.3, 0.4) is 0 Å². The molecule has 0 aromatic carbocycles. The van der Waals surface area contributed by atoms with Crippen molar-refractivity contribution in [2.75, 3.05) is 0 Å². The van der Waals surface area contributed by atoms with Gasteiger partial charge in [-0.05, 0) is 6.04 Å². The fourth-order valence-electron chi connectivity index (χ4n) is 0.289. The van der Waals surface area contributed by atoms with Gasteiger partial charge in [0.15, 0.2) is 0 Å². The lowest BCUT2D eigenvalue weighted by Crippen LogP contribution is -1.90. The van der Waals surface area contributed by atoms with Crippen LogP contribution in [0, 0.1) is 0 Å². The standard InChI is InChI=1S/C3H12OSi2/c1-2-3-6-4-5/h2-3,6H2,1,5H3. The minimum Gasteiger partial charge on any atom is -0.468 e. The first-order valence-electron chi connectivity index (χ1n) is 2.40. The zero-order valence-corrected chi connectivity index (χ0v) is 7.94. The largest absolute Gasteiger partial charge is 0.468 e. The van der Waals surface area contributed by atoms with E-state index in [9.17, 15) is 0 Å². The molecule has 0 bridgehead atoms. The summed E-state index contributed by atoms with van der Waals surface area (Å²) < 4.78 is 5.06. The van der Waals surface area contributed by atoms with E-state index in [2.05, 4.69) is 6.92 Å². The molecule has 0 saturated carbocycles. The van der Waals surface area contributed by atoms with E-state index in [1.54, 1.807) is 0 Å². The molecular formula is C3H12OSi2. The summed E-state index contributed by atoms with van der Waals surface area (Å²) in [5.41, 5.74) is 0. The Morgan fingerprint density at radius 3 is 2.67 bits per heavy atom. The molecule has 0 unspecified atom stereocenters. The third-order valence-corrected chi connectivity index (χ3v) is 3.33. The number of rotatable bonds is 3. The smallest absolute Gasteiger partial charge is 0.145 e. The second kappa shape index (κ2) is 5.39. The van der Waals surface area contributed by atoms with E-state index in [1.807, 2.05) is 0 Å². The first-order chi connectivity index (χ1) is 2.91. The molecular weight excluding hydrogens is 108 g/mol. The Hall–Kier alpha value is 0.394. The Balaban J connectivity index is 2.34. The summed E-state index contributed by atoms with van der Waals surface area (Å²) in [6.07, 6.45) is 1.31. The Labute approximate surface area is 44.6 Å². The van der Waals surface area contributed by atoms with Crippen molar-refractivity contribution in [2.45, 2.75) is 19.4 Å². The summed E-state index contributed by atoms with van der Waals surface area (Å²) in [7, 11) is 0.948. The Bertz CT molecular complexity index is 20.8. The molecule has 0 spiro atoms. The Kier molecular flexibility index (Phi) is 5.75. The zero-order chi connectivity index (χ0) is 4.83. The van der Waals surface area contributed by atoms with Gasteiger partial charge >= 0.3 is 0 Å². The second-order valence-electron chi connectivity index (χ2n) is 1.35. The van der Waals surface area contributed by atoms with E-state index < -0.39 is 0 Å². The van der Waals surface area contributed by atoms with E-state index in [0.717, 1.165) is 10.5 Å². The third-order valence-electron chi connectivity index (χ3n) is 0.702. The van der Waals surface area contributed by atoms with Crippen molar-refractivity contribution in [3.63, 3.8) is 0 Å². The molecule has 0 fully saturated rings. The average Bonchev–Trinajstić information content (AvgIpc) is 1.61. The average molecular weight is 120 g/mol. The number of hydrogen-bond donors (Lipinski definition) is 0. The van der Waals surface area contributed by atoms with Crippen LogP contribution in [0.1, 0.15) is 13.3 Å². The molecule has 0 saturated heterocycles. The minimum absolute atomic E-state index is 0.0166. The van der Waals surface area contributed by atoms with Crippen LogP contribution in [-0.2, 0) is 4.12 Å². The molecule has 0 N–H and O–H groups in total. The molecule has 0 aliphatic carbocycles. The monoisotopic (exact) mass is 120 g/mol. The molecule has 0 amide bonds. The van der Waals surface area contributed by atoms with Crippen LogP contribution in [0.4, 0.5) is 0 Å². The molecule has 38 valence electrons. The molecule has 0 atom stereocenters. The minimum atomic E-state index is -0.0166. The van der Waals surface area contributed by atoms with Gasteiger partial charge in [0.25, 0.3) is 0 Å². The van der Waals surface area contributed by atoms with Crippen LogP contribution in [0.2, 0.25) is 6.04 Å². The molecule has 0 aliphatic heterocycles. The first-order valence-corrected chi connectivity index (χ1v) is 4.80. The van der Waals surface area contributed by atoms with Crippen molar-refractivity contribution >= 4 is 20.2 Å². The highest BCUT2D eigenvalue weighted by atomic mass is 28.3. The molecule has 0 heterocycles. The summed E-state index contributed by atoms with van der Waals surface area (Å²) in [5, 5.41) is 0. The maximum Gasteiger partial charge on any atom is 0.145 e. The molecule has 1 nitrogen and oxygen atoms in total. The van der Waals surface area contributed by atoms with Gasteiger partial charge in [-0.3, -0.25) is 0 Å². The Morgan fingerprint density at radius 2 is 2.50 bits per heavy atom. The van der Waals surface area contributed by atoms with Crippen molar-refractivity contribution in [3.05, 3.63) is 0 Å². The van der Waals surface area contributed by atoms with Crippen molar-refractivity contribution < 1.29 is 4.12 Å². The summed E-state index contributed by atoms with van der Waals surface area (Å²) in [5.74, 6) is 0. The van der Waals surface area contributed by atoms with Crippen molar-refractivity contribution in [2.24, 2.45) is 0 Å². The molecule has 3 heteroatoms. The Morgan fingerprint density at radius 1 is 1.83 bits per heavy atom. The van der Waals surface area contributed by atoms with Gasteiger partial charge in [0, 0.05) is 0 Å². The summed E-state index contributed by atoms with van der Waals surface area (Å²) in [4.78, 5) is 0. The SMILES string of the molecule is CCC[SiH2]O[SiH3]. The van der Waals surface area contributed by atoms with Crippen molar-refractivity contribution in [3.8, 4) is 0 Å². The lowest BCUT2D eigenvalue weighted by atomic mass is 10.6. The van der Waals surface area contributed by atoms with Crippen LogP contribution < -0.4 is 0 Å². The summed E-state index contributed by atoms with van der Waals surface area (Å²) in [6, 6.07) is 1.36. The van der Waals surface area contributed by atoms with E-state index in [1.165, 1.54) is 12.5 Å². The molecule has 0 rings (SSSR count).